The van der Waals surface area contributed by atoms with E-state index in [1.807, 2.05) is 0 Å². The highest BCUT2D eigenvalue weighted by Crippen LogP contribution is 2.34. The molecule has 88 valence electrons. The summed E-state index contributed by atoms with van der Waals surface area (Å²) >= 11 is 0. The van der Waals surface area contributed by atoms with Crippen molar-refractivity contribution in [1.82, 2.24) is 5.32 Å². The van der Waals surface area contributed by atoms with Crippen LogP contribution in [0.4, 0.5) is 0 Å². The van der Waals surface area contributed by atoms with Gasteiger partial charge in [0.05, 0.1) is 18.3 Å². The van der Waals surface area contributed by atoms with Crippen molar-refractivity contribution in [2.45, 2.75) is 50.7 Å². The number of likely N-dealkylation sites (N-methyl/N-ethyl adjacent to an activating group) is 1. The molecule has 2 fully saturated rings. The Labute approximate surface area is 92.5 Å². The lowest BCUT2D eigenvalue weighted by Gasteiger charge is -2.32. The number of rotatable bonds is 5. The molecule has 1 N–H and O–H groups in total. The Hall–Kier alpha value is -0.120. The zero-order valence-corrected chi connectivity index (χ0v) is 9.76. The highest BCUT2D eigenvalue weighted by atomic mass is 16.6. The van der Waals surface area contributed by atoms with Crippen molar-refractivity contribution in [3.63, 3.8) is 0 Å². The second-order valence-corrected chi connectivity index (χ2v) is 4.77. The Bertz CT molecular complexity index is 184. The minimum absolute atomic E-state index is 0.119. The Kier molecular flexibility index (Phi) is 4.00. The van der Waals surface area contributed by atoms with Crippen LogP contribution in [-0.4, -0.2) is 38.0 Å². The fourth-order valence-electron chi connectivity index (χ4n) is 2.67. The van der Waals surface area contributed by atoms with E-state index in [9.17, 15) is 0 Å². The first-order valence-corrected chi connectivity index (χ1v) is 6.31. The van der Waals surface area contributed by atoms with Crippen LogP contribution in [0.5, 0.6) is 0 Å². The highest BCUT2D eigenvalue weighted by Gasteiger charge is 2.37. The van der Waals surface area contributed by atoms with Crippen LogP contribution in [0.15, 0.2) is 0 Å². The molecule has 3 nitrogen and oxygen atoms in total. The van der Waals surface area contributed by atoms with E-state index in [0.717, 1.165) is 32.7 Å². The predicted molar refractivity (Wildman–Crippen MR) is 60.1 cm³/mol. The smallest absolute Gasteiger partial charge is 0.0838 e. The lowest BCUT2D eigenvalue weighted by atomic mass is 10.0. The van der Waals surface area contributed by atoms with Gasteiger partial charge < -0.3 is 14.8 Å². The van der Waals surface area contributed by atoms with E-state index in [-0.39, 0.29) is 5.60 Å². The van der Waals surface area contributed by atoms with Crippen molar-refractivity contribution < 1.29 is 9.47 Å². The van der Waals surface area contributed by atoms with E-state index in [1.165, 1.54) is 25.7 Å². The van der Waals surface area contributed by atoms with Gasteiger partial charge in [0.15, 0.2) is 0 Å². The fraction of sp³-hybridized carbons (Fsp3) is 1.00. The summed E-state index contributed by atoms with van der Waals surface area (Å²) in [5.74, 6) is 0. The molecule has 2 rings (SSSR count). The zero-order valence-electron chi connectivity index (χ0n) is 9.76. The largest absolute Gasteiger partial charge is 0.379 e. The maximum absolute atomic E-state index is 6.27. The monoisotopic (exact) mass is 213 g/mol. The minimum Gasteiger partial charge on any atom is -0.379 e. The minimum atomic E-state index is 0.119. The lowest BCUT2D eigenvalue weighted by Crippen LogP contribution is -2.43. The van der Waals surface area contributed by atoms with Gasteiger partial charge in [-0.15, -0.1) is 0 Å². The average molecular weight is 213 g/mol. The summed E-state index contributed by atoms with van der Waals surface area (Å²) in [5.41, 5.74) is 0.119. The predicted octanol–water partition coefficient (Wildman–Crippen LogP) is 1.71. The van der Waals surface area contributed by atoms with Crippen LogP contribution in [0.1, 0.15) is 39.0 Å². The SMILES string of the molecule is CCNCC1(OC2CCOC2)CCCC1. The Balaban J connectivity index is 1.86. The van der Waals surface area contributed by atoms with Crippen molar-refractivity contribution in [2.75, 3.05) is 26.3 Å². The Morgan fingerprint density at radius 1 is 1.40 bits per heavy atom. The summed E-state index contributed by atoms with van der Waals surface area (Å²) in [6.07, 6.45) is 6.50. The summed E-state index contributed by atoms with van der Waals surface area (Å²) in [4.78, 5) is 0. The van der Waals surface area contributed by atoms with Crippen molar-refractivity contribution in [3.05, 3.63) is 0 Å². The molecule has 0 bridgehead atoms. The normalized spacial score (nSPS) is 29.8. The first kappa shape index (κ1) is 11.4. The van der Waals surface area contributed by atoms with Crippen molar-refractivity contribution in [3.8, 4) is 0 Å². The van der Waals surface area contributed by atoms with Gasteiger partial charge in [-0.2, -0.15) is 0 Å². The van der Waals surface area contributed by atoms with Gasteiger partial charge >= 0.3 is 0 Å². The van der Waals surface area contributed by atoms with Gasteiger partial charge in [0.2, 0.25) is 0 Å². The molecular weight excluding hydrogens is 190 g/mol. The van der Waals surface area contributed by atoms with E-state index < -0.39 is 0 Å². The van der Waals surface area contributed by atoms with Crippen molar-refractivity contribution in [2.24, 2.45) is 0 Å². The highest BCUT2D eigenvalue weighted by molar-refractivity contribution is 4.90. The second kappa shape index (κ2) is 5.28. The van der Waals surface area contributed by atoms with E-state index in [0.29, 0.717) is 6.10 Å². The first-order valence-electron chi connectivity index (χ1n) is 6.31. The van der Waals surface area contributed by atoms with Crippen LogP contribution in [0, 0.1) is 0 Å². The van der Waals surface area contributed by atoms with Gasteiger partial charge in [-0.1, -0.05) is 19.8 Å². The molecule has 1 aliphatic carbocycles. The lowest BCUT2D eigenvalue weighted by molar-refractivity contribution is -0.0885. The molecule has 1 atom stereocenters. The van der Waals surface area contributed by atoms with Gasteiger partial charge in [-0.05, 0) is 25.8 Å². The van der Waals surface area contributed by atoms with Gasteiger partial charge in [0.1, 0.15) is 0 Å². The van der Waals surface area contributed by atoms with Gasteiger partial charge in [-0.25, -0.2) is 0 Å². The molecular formula is C12H23NO2. The van der Waals surface area contributed by atoms with Crippen LogP contribution >= 0.6 is 0 Å². The van der Waals surface area contributed by atoms with Gasteiger partial charge in [0, 0.05) is 13.2 Å². The molecule has 0 aromatic heterocycles. The van der Waals surface area contributed by atoms with Gasteiger partial charge in [0.25, 0.3) is 0 Å². The molecule has 0 amide bonds. The van der Waals surface area contributed by atoms with Crippen LogP contribution in [0.25, 0.3) is 0 Å². The molecule has 15 heavy (non-hydrogen) atoms. The molecule has 0 aromatic carbocycles. The topological polar surface area (TPSA) is 30.5 Å². The molecule has 1 unspecified atom stereocenters. The molecule has 1 aliphatic heterocycles. The van der Waals surface area contributed by atoms with Crippen LogP contribution in [0.2, 0.25) is 0 Å². The van der Waals surface area contributed by atoms with E-state index in [4.69, 9.17) is 9.47 Å². The number of hydrogen-bond donors (Lipinski definition) is 1. The molecule has 0 radical (unpaired) electrons. The summed E-state index contributed by atoms with van der Waals surface area (Å²) < 4.78 is 11.6. The molecule has 1 saturated carbocycles. The fourth-order valence-corrected chi connectivity index (χ4v) is 2.67. The summed E-state index contributed by atoms with van der Waals surface area (Å²) in [6.45, 7) is 5.88. The van der Waals surface area contributed by atoms with Crippen molar-refractivity contribution in [1.29, 1.82) is 0 Å². The van der Waals surface area contributed by atoms with Crippen LogP contribution in [-0.2, 0) is 9.47 Å². The number of ether oxygens (including phenoxy) is 2. The molecule has 1 saturated heterocycles. The summed E-state index contributed by atoms with van der Waals surface area (Å²) in [6, 6.07) is 0. The molecule has 2 aliphatic rings. The standard InChI is InChI=1S/C12H23NO2/c1-2-13-10-12(6-3-4-7-12)15-11-5-8-14-9-11/h11,13H,2-10H2,1H3. The maximum atomic E-state index is 6.27. The quantitative estimate of drug-likeness (QED) is 0.754. The maximum Gasteiger partial charge on any atom is 0.0838 e. The summed E-state index contributed by atoms with van der Waals surface area (Å²) in [7, 11) is 0. The Morgan fingerprint density at radius 2 is 2.20 bits per heavy atom. The zero-order chi connectivity index (χ0) is 10.6. The molecule has 1 heterocycles. The van der Waals surface area contributed by atoms with Crippen LogP contribution < -0.4 is 5.32 Å². The second-order valence-electron chi connectivity index (χ2n) is 4.77. The average Bonchev–Trinajstić information content (AvgIpc) is 2.88. The molecule has 0 aromatic rings. The third-order valence-electron chi connectivity index (χ3n) is 3.52. The first-order chi connectivity index (χ1) is 7.35. The van der Waals surface area contributed by atoms with Gasteiger partial charge in [-0.3, -0.25) is 0 Å². The third kappa shape index (κ3) is 2.92. The number of nitrogens with one attached hydrogen (secondary N) is 1. The van der Waals surface area contributed by atoms with E-state index >= 15 is 0 Å². The van der Waals surface area contributed by atoms with E-state index in [1.54, 1.807) is 0 Å². The third-order valence-corrected chi connectivity index (χ3v) is 3.52. The van der Waals surface area contributed by atoms with Crippen LogP contribution in [0.3, 0.4) is 0 Å². The van der Waals surface area contributed by atoms with E-state index in [2.05, 4.69) is 12.2 Å². The Morgan fingerprint density at radius 3 is 2.80 bits per heavy atom. The molecule has 3 heteroatoms. The summed E-state index contributed by atoms with van der Waals surface area (Å²) in [5, 5.41) is 3.44. The molecule has 0 spiro atoms. The number of hydrogen-bond acceptors (Lipinski definition) is 3. The van der Waals surface area contributed by atoms with Crippen molar-refractivity contribution >= 4 is 0 Å².